The number of carboxylic acids is 1. The fourth-order valence-corrected chi connectivity index (χ4v) is 11.8. The Kier molecular flexibility index (Phi) is 9.04. The highest BCUT2D eigenvalue weighted by molar-refractivity contribution is 6.80. The van der Waals surface area contributed by atoms with Crippen LogP contribution in [0.15, 0.2) is 0 Å². The van der Waals surface area contributed by atoms with Gasteiger partial charge >= 0.3 is 5.97 Å². The largest absolute Gasteiger partial charge is 0.518 e. The minimum Gasteiger partial charge on any atom is -0.518 e. The number of carbonyl (C=O) groups excluding carboxylic acids is 1. The first-order valence-electron chi connectivity index (χ1n) is 11.0. The lowest BCUT2D eigenvalue weighted by atomic mass is 9.97. The Hall–Kier alpha value is -0.843. The standard InChI is InChI=1S/C22H42O4Si/c1-8-9-10-11-15-22(6,7)27(16(2)3,17(4)5)26-21(25)19-14-12-13-18(19)20(23)24/h16-19H,8-15H2,1-7H3,(H,23,24). The minimum absolute atomic E-state index is 0.0317. The molecule has 158 valence electrons. The fraction of sp³-hybridized carbons (Fsp3) is 0.909. The molecule has 0 bridgehead atoms. The Balaban J connectivity index is 3.08. The molecule has 0 aromatic heterocycles. The number of rotatable bonds is 11. The van der Waals surface area contributed by atoms with Crippen molar-refractivity contribution in [3.8, 4) is 0 Å². The maximum atomic E-state index is 13.2. The summed E-state index contributed by atoms with van der Waals surface area (Å²) in [5.74, 6) is -2.14. The number of aliphatic carboxylic acids is 1. The van der Waals surface area contributed by atoms with Crippen molar-refractivity contribution in [1.82, 2.24) is 0 Å². The summed E-state index contributed by atoms with van der Waals surface area (Å²) in [5.41, 5.74) is 0.597. The zero-order valence-corrected chi connectivity index (χ0v) is 19.6. The monoisotopic (exact) mass is 398 g/mol. The molecule has 5 heteroatoms. The van der Waals surface area contributed by atoms with Gasteiger partial charge < -0.3 is 9.53 Å². The van der Waals surface area contributed by atoms with Crippen LogP contribution in [0.3, 0.4) is 0 Å². The Morgan fingerprint density at radius 2 is 1.59 bits per heavy atom. The van der Waals surface area contributed by atoms with Gasteiger partial charge in [-0.15, -0.1) is 0 Å². The lowest BCUT2D eigenvalue weighted by Gasteiger charge is -2.49. The molecule has 2 unspecified atom stereocenters. The lowest BCUT2D eigenvalue weighted by molar-refractivity contribution is -0.151. The van der Waals surface area contributed by atoms with Crippen molar-refractivity contribution in [2.45, 2.75) is 116 Å². The van der Waals surface area contributed by atoms with E-state index in [0.29, 0.717) is 23.9 Å². The SMILES string of the molecule is CCCCCCC(C)(C)[Si](OC(=O)C1CCCC1C(=O)O)(C(C)C)C(C)C. The molecule has 0 radical (unpaired) electrons. The van der Waals surface area contributed by atoms with Crippen LogP contribution in [-0.2, 0) is 14.0 Å². The summed E-state index contributed by atoms with van der Waals surface area (Å²) in [6.45, 7) is 15.5. The molecule has 27 heavy (non-hydrogen) atoms. The molecule has 0 saturated heterocycles. The summed E-state index contributed by atoms with van der Waals surface area (Å²) < 4.78 is 6.48. The summed E-state index contributed by atoms with van der Waals surface area (Å²) >= 11 is 0. The molecule has 1 aliphatic rings. The Bertz CT molecular complexity index is 491. The highest BCUT2D eigenvalue weighted by Crippen LogP contribution is 2.54. The van der Waals surface area contributed by atoms with Gasteiger partial charge in [0.25, 0.3) is 14.3 Å². The van der Waals surface area contributed by atoms with E-state index >= 15 is 0 Å². The number of unbranched alkanes of at least 4 members (excludes halogenated alkanes) is 3. The molecular weight excluding hydrogens is 356 g/mol. The Morgan fingerprint density at radius 1 is 1.04 bits per heavy atom. The van der Waals surface area contributed by atoms with Crippen LogP contribution in [0, 0.1) is 11.8 Å². The maximum absolute atomic E-state index is 13.2. The van der Waals surface area contributed by atoms with E-state index in [4.69, 9.17) is 4.43 Å². The third-order valence-electron chi connectivity index (χ3n) is 6.83. The molecule has 1 saturated carbocycles. The fourth-order valence-electron chi connectivity index (χ4n) is 5.57. The van der Waals surface area contributed by atoms with Gasteiger partial charge in [-0.3, -0.25) is 9.59 Å². The third kappa shape index (κ3) is 5.36. The highest BCUT2D eigenvalue weighted by Gasteiger charge is 2.57. The molecule has 0 amide bonds. The normalized spacial score (nSPS) is 21.1. The Labute approximate surface area is 167 Å². The van der Waals surface area contributed by atoms with Gasteiger partial charge in [-0.05, 0) is 35.4 Å². The van der Waals surface area contributed by atoms with E-state index in [0.717, 1.165) is 19.3 Å². The average molecular weight is 399 g/mol. The summed E-state index contributed by atoms with van der Waals surface area (Å²) in [5, 5.41) is 9.45. The van der Waals surface area contributed by atoms with E-state index in [2.05, 4.69) is 48.5 Å². The molecule has 1 fully saturated rings. The molecule has 0 heterocycles. The molecule has 4 nitrogen and oxygen atoms in total. The van der Waals surface area contributed by atoms with Gasteiger partial charge in [-0.1, -0.05) is 80.6 Å². The molecular formula is C22H42O4Si. The molecule has 0 aromatic rings. The second kappa shape index (κ2) is 10.1. The van der Waals surface area contributed by atoms with Gasteiger partial charge in [0.2, 0.25) is 0 Å². The van der Waals surface area contributed by atoms with Crippen molar-refractivity contribution >= 4 is 20.3 Å². The van der Waals surface area contributed by atoms with Crippen LogP contribution in [0.2, 0.25) is 16.1 Å². The zero-order valence-electron chi connectivity index (χ0n) is 18.6. The van der Waals surface area contributed by atoms with Crippen molar-refractivity contribution in [3.05, 3.63) is 0 Å². The van der Waals surface area contributed by atoms with Crippen LogP contribution in [-0.4, -0.2) is 25.4 Å². The third-order valence-corrected chi connectivity index (χ3v) is 13.2. The van der Waals surface area contributed by atoms with E-state index in [9.17, 15) is 14.7 Å². The average Bonchev–Trinajstić information content (AvgIpc) is 3.05. The van der Waals surface area contributed by atoms with E-state index in [1.54, 1.807) is 0 Å². The van der Waals surface area contributed by atoms with E-state index in [-0.39, 0.29) is 11.0 Å². The summed E-state index contributed by atoms with van der Waals surface area (Å²) in [4.78, 5) is 24.7. The topological polar surface area (TPSA) is 63.6 Å². The van der Waals surface area contributed by atoms with Gasteiger partial charge in [0.05, 0.1) is 11.8 Å². The van der Waals surface area contributed by atoms with Crippen molar-refractivity contribution < 1.29 is 19.1 Å². The first-order valence-corrected chi connectivity index (χ1v) is 13.0. The van der Waals surface area contributed by atoms with Crippen LogP contribution < -0.4 is 0 Å². The lowest BCUT2D eigenvalue weighted by Crippen LogP contribution is -2.55. The Morgan fingerprint density at radius 3 is 2.07 bits per heavy atom. The van der Waals surface area contributed by atoms with Crippen molar-refractivity contribution in [2.24, 2.45) is 11.8 Å². The smallest absolute Gasteiger partial charge is 0.307 e. The second-order valence-electron chi connectivity index (χ2n) is 9.70. The van der Waals surface area contributed by atoms with Crippen molar-refractivity contribution in [2.75, 3.05) is 0 Å². The molecule has 0 aliphatic heterocycles. The quantitative estimate of drug-likeness (QED) is 0.317. The predicted molar refractivity (Wildman–Crippen MR) is 113 cm³/mol. The van der Waals surface area contributed by atoms with Crippen LogP contribution >= 0.6 is 0 Å². The van der Waals surface area contributed by atoms with Gasteiger partial charge in [0.1, 0.15) is 0 Å². The molecule has 0 spiro atoms. The van der Waals surface area contributed by atoms with Gasteiger partial charge in [-0.25, -0.2) is 0 Å². The van der Waals surface area contributed by atoms with E-state index < -0.39 is 26.1 Å². The highest BCUT2D eigenvalue weighted by atomic mass is 28.4. The molecule has 2 atom stereocenters. The van der Waals surface area contributed by atoms with Crippen LogP contribution in [0.4, 0.5) is 0 Å². The van der Waals surface area contributed by atoms with Crippen LogP contribution in [0.25, 0.3) is 0 Å². The van der Waals surface area contributed by atoms with E-state index in [1.165, 1.54) is 19.3 Å². The second-order valence-corrected chi connectivity index (χ2v) is 15.2. The minimum atomic E-state index is -2.48. The molecule has 0 aromatic carbocycles. The number of hydrogen-bond acceptors (Lipinski definition) is 3. The summed E-state index contributed by atoms with van der Waals surface area (Å²) in [6, 6.07) is 0. The van der Waals surface area contributed by atoms with Crippen molar-refractivity contribution in [3.63, 3.8) is 0 Å². The first kappa shape index (κ1) is 24.2. The summed E-state index contributed by atoms with van der Waals surface area (Å²) in [6.07, 6.45) is 7.94. The first-order chi connectivity index (χ1) is 12.5. The van der Waals surface area contributed by atoms with Crippen LogP contribution in [0.5, 0.6) is 0 Å². The van der Waals surface area contributed by atoms with Crippen molar-refractivity contribution in [1.29, 1.82) is 0 Å². The number of hydrogen-bond donors (Lipinski definition) is 1. The zero-order chi connectivity index (χ0) is 20.8. The van der Waals surface area contributed by atoms with E-state index in [1.807, 2.05) is 0 Å². The molecule has 1 rings (SSSR count). The number of carboxylic acid groups (broad SMARTS) is 1. The molecule has 1 N–H and O–H groups in total. The van der Waals surface area contributed by atoms with Crippen LogP contribution in [0.1, 0.15) is 99.8 Å². The molecule has 1 aliphatic carbocycles. The summed E-state index contributed by atoms with van der Waals surface area (Å²) in [7, 11) is -2.48. The number of carbonyl (C=O) groups is 2. The maximum Gasteiger partial charge on any atom is 0.307 e. The van der Waals surface area contributed by atoms with Gasteiger partial charge in [-0.2, -0.15) is 0 Å². The van der Waals surface area contributed by atoms with Gasteiger partial charge in [0.15, 0.2) is 0 Å². The van der Waals surface area contributed by atoms with Gasteiger partial charge in [0, 0.05) is 0 Å². The predicted octanol–water partition coefficient (Wildman–Crippen LogP) is 6.55.